The average molecular weight is 419 g/mol. The molecule has 158 valence electrons. The number of carbonyl (C=O) groups is 2. The third kappa shape index (κ3) is 3.89. The number of nitrogens with zero attached hydrogens (tertiary/aromatic N) is 4. The van der Waals surface area contributed by atoms with Gasteiger partial charge >= 0.3 is 0 Å². The second kappa shape index (κ2) is 8.02. The Balaban J connectivity index is 1.62. The second-order valence-corrected chi connectivity index (χ2v) is 7.31. The van der Waals surface area contributed by atoms with Gasteiger partial charge in [-0.15, -0.1) is 0 Å². The van der Waals surface area contributed by atoms with Crippen molar-refractivity contribution in [3.8, 4) is 11.4 Å². The van der Waals surface area contributed by atoms with E-state index >= 15 is 0 Å². The third-order valence-corrected chi connectivity index (χ3v) is 5.01. The Morgan fingerprint density at radius 3 is 2.65 bits per heavy atom. The van der Waals surface area contributed by atoms with Gasteiger partial charge in [0.2, 0.25) is 5.43 Å². The van der Waals surface area contributed by atoms with E-state index in [0.29, 0.717) is 22.9 Å². The Morgan fingerprint density at radius 2 is 1.90 bits per heavy atom. The molecule has 0 radical (unpaired) electrons. The summed E-state index contributed by atoms with van der Waals surface area (Å²) in [4.78, 5) is 43.7. The Labute approximate surface area is 178 Å². The van der Waals surface area contributed by atoms with Gasteiger partial charge in [-0.05, 0) is 38.1 Å². The first-order valence-corrected chi connectivity index (χ1v) is 9.69. The maximum atomic E-state index is 12.9. The largest absolute Gasteiger partial charge is 0.487 e. The zero-order chi connectivity index (χ0) is 22.1. The van der Waals surface area contributed by atoms with Crippen LogP contribution in [0, 0.1) is 13.8 Å². The number of aryl methyl sites for hydroxylation is 2. The summed E-state index contributed by atoms with van der Waals surface area (Å²) in [5.41, 5.74) is 1.54. The van der Waals surface area contributed by atoms with Gasteiger partial charge in [-0.25, -0.2) is 9.67 Å². The minimum Gasteiger partial charge on any atom is -0.487 e. The van der Waals surface area contributed by atoms with Crippen molar-refractivity contribution in [2.24, 2.45) is 0 Å². The molecule has 1 aliphatic heterocycles. The Bertz CT molecular complexity index is 1220. The van der Waals surface area contributed by atoms with Gasteiger partial charge in [0.1, 0.15) is 12.6 Å². The molecule has 1 N–H and O–H groups in total. The van der Waals surface area contributed by atoms with Crippen LogP contribution in [0.25, 0.3) is 5.69 Å². The number of ether oxygens (including phenoxy) is 1. The maximum Gasteiger partial charge on any atom is 0.276 e. The van der Waals surface area contributed by atoms with Gasteiger partial charge in [-0.3, -0.25) is 19.3 Å². The third-order valence-electron chi connectivity index (χ3n) is 5.01. The van der Waals surface area contributed by atoms with E-state index in [4.69, 9.17) is 4.74 Å². The first-order valence-electron chi connectivity index (χ1n) is 9.69. The Kier molecular flexibility index (Phi) is 5.24. The van der Waals surface area contributed by atoms with E-state index in [1.54, 1.807) is 32.3 Å². The predicted octanol–water partition coefficient (Wildman–Crippen LogP) is 1.40. The quantitative estimate of drug-likeness (QED) is 0.688. The van der Waals surface area contributed by atoms with Crippen LogP contribution >= 0.6 is 0 Å². The highest BCUT2D eigenvalue weighted by atomic mass is 16.5. The summed E-state index contributed by atoms with van der Waals surface area (Å²) < 4.78 is 7.17. The monoisotopic (exact) mass is 419 g/mol. The lowest BCUT2D eigenvalue weighted by Crippen LogP contribution is -2.50. The summed E-state index contributed by atoms with van der Waals surface area (Å²) in [6, 6.07) is 11.3. The second-order valence-electron chi connectivity index (χ2n) is 7.31. The Morgan fingerprint density at radius 1 is 1.16 bits per heavy atom. The number of rotatable bonds is 3. The summed E-state index contributed by atoms with van der Waals surface area (Å²) in [6.45, 7) is 3.61. The number of anilines is 1. The van der Waals surface area contributed by atoms with Gasteiger partial charge in [0, 0.05) is 25.0 Å². The normalized spacial score (nSPS) is 15.6. The molecule has 31 heavy (non-hydrogen) atoms. The average Bonchev–Trinajstić information content (AvgIpc) is 2.87. The fraction of sp³-hybridized carbons (Fsp3) is 0.227. The van der Waals surface area contributed by atoms with E-state index in [0.717, 1.165) is 5.56 Å². The van der Waals surface area contributed by atoms with Gasteiger partial charge in [-0.2, -0.15) is 5.10 Å². The maximum absolute atomic E-state index is 12.9. The zero-order valence-electron chi connectivity index (χ0n) is 17.3. The summed E-state index contributed by atoms with van der Waals surface area (Å²) in [6.07, 6.45) is 1.55. The molecule has 1 aliphatic rings. The number of benzene rings is 1. The van der Waals surface area contributed by atoms with Gasteiger partial charge in [0.15, 0.2) is 17.3 Å². The molecule has 0 aliphatic carbocycles. The molecule has 9 heteroatoms. The molecular formula is C22H21N5O4. The molecular weight excluding hydrogens is 398 g/mol. The molecule has 0 bridgehead atoms. The fourth-order valence-corrected chi connectivity index (χ4v) is 3.31. The van der Waals surface area contributed by atoms with Crippen LogP contribution in [0.2, 0.25) is 0 Å². The molecule has 1 atom stereocenters. The molecule has 0 fully saturated rings. The number of hydrogen-bond acceptors (Lipinski definition) is 6. The summed E-state index contributed by atoms with van der Waals surface area (Å²) in [5, 5.41) is 6.84. The van der Waals surface area contributed by atoms with Crippen molar-refractivity contribution < 1.29 is 14.3 Å². The molecule has 4 rings (SSSR count). The number of nitrogens with one attached hydrogen (secondary N) is 1. The molecule has 1 aromatic carbocycles. The van der Waals surface area contributed by atoms with Gasteiger partial charge in [-0.1, -0.05) is 17.7 Å². The van der Waals surface area contributed by atoms with Crippen molar-refractivity contribution in [3.63, 3.8) is 0 Å². The number of pyridine rings is 1. The van der Waals surface area contributed by atoms with Gasteiger partial charge in [0.25, 0.3) is 11.8 Å². The first kappa shape index (κ1) is 20.3. The first-order chi connectivity index (χ1) is 14.8. The van der Waals surface area contributed by atoms with Crippen LogP contribution in [-0.2, 0) is 4.79 Å². The van der Waals surface area contributed by atoms with Crippen LogP contribution in [0.15, 0.2) is 53.5 Å². The van der Waals surface area contributed by atoms with Crippen LogP contribution in [0.4, 0.5) is 5.82 Å². The number of aromatic nitrogens is 3. The SMILES string of the molecule is Cc1ccc(-n2nc(C(=O)N[C@H]3COc4cccnc4N(C)C3=O)c(=O)cc2C)cc1. The molecule has 2 aromatic heterocycles. The van der Waals surface area contributed by atoms with Crippen molar-refractivity contribution in [2.75, 3.05) is 18.6 Å². The molecule has 2 amide bonds. The number of fused-ring (bicyclic) bond motifs is 1. The van der Waals surface area contributed by atoms with Crippen molar-refractivity contribution in [2.45, 2.75) is 19.9 Å². The van der Waals surface area contributed by atoms with Gasteiger partial charge in [0.05, 0.1) is 5.69 Å². The number of carbonyl (C=O) groups excluding carboxylic acids is 2. The molecule has 0 spiro atoms. The van der Waals surface area contributed by atoms with Crippen LogP contribution in [-0.4, -0.2) is 46.3 Å². The van der Waals surface area contributed by atoms with E-state index in [1.165, 1.54) is 15.6 Å². The van der Waals surface area contributed by atoms with Gasteiger partial charge < -0.3 is 10.1 Å². The predicted molar refractivity (Wildman–Crippen MR) is 114 cm³/mol. The summed E-state index contributed by atoms with van der Waals surface area (Å²) >= 11 is 0. The number of amides is 2. The Hall–Kier alpha value is -4.01. The number of hydrogen-bond donors (Lipinski definition) is 1. The zero-order valence-corrected chi connectivity index (χ0v) is 17.3. The van der Waals surface area contributed by atoms with E-state index in [2.05, 4.69) is 15.4 Å². The minimum atomic E-state index is -0.998. The lowest BCUT2D eigenvalue weighted by atomic mass is 10.2. The van der Waals surface area contributed by atoms with Crippen molar-refractivity contribution in [3.05, 3.63) is 75.8 Å². The highest BCUT2D eigenvalue weighted by molar-refractivity contribution is 6.02. The van der Waals surface area contributed by atoms with Crippen molar-refractivity contribution in [1.29, 1.82) is 0 Å². The summed E-state index contributed by atoms with van der Waals surface area (Å²) in [5.74, 6) is -0.360. The lowest BCUT2D eigenvalue weighted by Gasteiger charge is -2.19. The van der Waals surface area contributed by atoms with Crippen LogP contribution in [0.3, 0.4) is 0 Å². The van der Waals surface area contributed by atoms with Crippen LogP contribution in [0.1, 0.15) is 21.7 Å². The molecule has 3 heterocycles. The van der Waals surface area contributed by atoms with Crippen molar-refractivity contribution in [1.82, 2.24) is 20.1 Å². The molecule has 9 nitrogen and oxygen atoms in total. The molecule has 0 unspecified atom stereocenters. The fourth-order valence-electron chi connectivity index (χ4n) is 3.31. The van der Waals surface area contributed by atoms with Crippen LogP contribution in [0.5, 0.6) is 5.75 Å². The standard InChI is InChI=1S/C22H21N5O4/c1-13-6-8-15(9-7-13)27-14(2)11-17(28)19(25-27)21(29)24-16-12-31-18-5-4-10-23-20(18)26(3)22(16)30/h4-11,16H,12H2,1-3H3,(H,24,29)/t16-/m0/s1. The highest BCUT2D eigenvalue weighted by Crippen LogP contribution is 2.27. The lowest BCUT2D eigenvalue weighted by molar-refractivity contribution is -0.120. The van der Waals surface area contributed by atoms with E-state index in [9.17, 15) is 14.4 Å². The molecule has 3 aromatic rings. The van der Waals surface area contributed by atoms with E-state index in [1.807, 2.05) is 31.2 Å². The van der Waals surface area contributed by atoms with Crippen molar-refractivity contribution >= 4 is 17.6 Å². The summed E-state index contributed by atoms with van der Waals surface area (Å²) in [7, 11) is 1.55. The highest BCUT2D eigenvalue weighted by Gasteiger charge is 2.32. The molecule has 0 saturated carbocycles. The molecule has 0 saturated heterocycles. The van der Waals surface area contributed by atoms with E-state index < -0.39 is 23.3 Å². The topological polar surface area (TPSA) is 106 Å². The van der Waals surface area contributed by atoms with Crippen LogP contribution < -0.4 is 20.4 Å². The number of likely N-dealkylation sites (N-methyl/N-ethyl adjacent to an activating group) is 1. The smallest absolute Gasteiger partial charge is 0.276 e. The van der Waals surface area contributed by atoms with E-state index in [-0.39, 0.29) is 12.3 Å². The minimum absolute atomic E-state index is 0.0916.